The lowest BCUT2D eigenvalue weighted by molar-refractivity contribution is -0.147. The van der Waals surface area contributed by atoms with Crippen LogP contribution in [-0.4, -0.2) is 66.8 Å². The van der Waals surface area contributed by atoms with E-state index < -0.39 is 0 Å². The van der Waals surface area contributed by atoms with Crippen molar-refractivity contribution in [1.29, 1.82) is 0 Å². The zero-order chi connectivity index (χ0) is 20.6. The maximum Gasteiger partial charge on any atom is 0.229 e. The summed E-state index contributed by atoms with van der Waals surface area (Å²) in [5.41, 5.74) is 2.68. The van der Waals surface area contributed by atoms with Crippen LogP contribution >= 0.6 is 24.0 Å². The number of aryl methyl sites for hydroxylation is 1. The van der Waals surface area contributed by atoms with Crippen LogP contribution in [0.4, 0.5) is 0 Å². The number of hydrogen-bond donors (Lipinski definition) is 2. The van der Waals surface area contributed by atoms with E-state index in [-0.39, 0.29) is 35.8 Å². The number of guanidine groups is 1. The number of hydrogen-bond acceptors (Lipinski definition) is 4. The Kier molecular flexibility index (Phi) is 10.0. The SMILES string of the molecule is CN=C(NCCN1C(=O)CCCC1=O)NC1CCN(Cc2cccc(C)c2)CC1.I. The van der Waals surface area contributed by atoms with Gasteiger partial charge in [0.2, 0.25) is 11.8 Å². The van der Waals surface area contributed by atoms with Crippen LogP contribution < -0.4 is 10.6 Å². The first-order valence-corrected chi connectivity index (χ1v) is 10.6. The van der Waals surface area contributed by atoms with Gasteiger partial charge in [-0.3, -0.25) is 24.4 Å². The average Bonchev–Trinajstić information content (AvgIpc) is 2.70. The number of imide groups is 1. The number of aliphatic imine (C=N–C) groups is 1. The van der Waals surface area contributed by atoms with Crippen molar-refractivity contribution in [1.82, 2.24) is 20.4 Å². The number of halogens is 1. The topological polar surface area (TPSA) is 77.0 Å². The molecule has 0 unspecified atom stereocenters. The van der Waals surface area contributed by atoms with Crippen molar-refractivity contribution < 1.29 is 9.59 Å². The van der Waals surface area contributed by atoms with E-state index in [9.17, 15) is 9.59 Å². The molecule has 0 bridgehead atoms. The van der Waals surface area contributed by atoms with E-state index in [4.69, 9.17) is 0 Å². The zero-order valence-electron chi connectivity index (χ0n) is 18.0. The van der Waals surface area contributed by atoms with Gasteiger partial charge in [0, 0.05) is 58.7 Å². The summed E-state index contributed by atoms with van der Waals surface area (Å²) >= 11 is 0. The largest absolute Gasteiger partial charge is 0.355 e. The molecule has 2 saturated heterocycles. The maximum absolute atomic E-state index is 11.9. The Morgan fingerprint density at radius 3 is 2.50 bits per heavy atom. The van der Waals surface area contributed by atoms with Crippen molar-refractivity contribution in [3.63, 3.8) is 0 Å². The van der Waals surface area contributed by atoms with E-state index in [1.807, 2.05) is 0 Å². The summed E-state index contributed by atoms with van der Waals surface area (Å²) in [6, 6.07) is 9.09. The Morgan fingerprint density at radius 2 is 1.87 bits per heavy atom. The van der Waals surface area contributed by atoms with E-state index in [0.29, 0.717) is 38.4 Å². The summed E-state index contributed by atoms with van der Waals surface area (Å²) in [6.07, 6.45) is 3.75. The molecule has 1 aromatic carbocycles. The normalized spacial score (nSPS) is 18.9. The lowest BCUT2D eigenvalue weighted by Crippen LogP contribution is -2.50. The van der Waals surface area contributed by atoms with Gasteiger partial charge in [-0.2, -0.15) is 0 Å². The lowest BCUT2D eigenvalue weighted by atomic mass is 10.0. The van der Waals surface area contributed by atoms with Crippen LogP contribution in [0.2, 0.25) is 0 Å². The van der Waals surface area contributed by atoms with Gasteiger partial charge in [-0.1, -0.05) is 29.8 Å². The Balaban J connectivity index is 0.00000320. The van der Waals surface area contributed by atoms with Crippen LogP contribution in [0.3, 0.4) is 0 Å². The van der Waals surface area contributed by atoms with Gasteiger partial charge in [0.15, 0.2) is 5.96 Å². The second kappa shape index (κ2) is 12.2. The molecule has 0 atom stereocenters. The van der Waals surface area contributed by atoms with Crippen molar-refractivity contribution in [3.8, 4) is 0 Å². The van der Waals surface area contributed by atoms with Gasteiger partial charge in [0.25, 0.3) is 0 Å². The Hall–Kier alpha value is -1.68. The molecular formula is C22H34IN5O2. The van der Waals surface area contributed by atoms with Gasteiger partial charge in [-0.25, -0.2) is 0 Å². The van der Waals surface area contributed by atoms with Gasteiger partial charge in [-0.05, 0) is 31.7 Å². The molecule has 30 heavy (non-hydrogen) atoms. The minimum absolute atomic E-state index is 0. The van der Waals surface area contributed by atoms with Crippen molar-refractivity contribution >= 4 is 41.8 Å². The fraction of sp³-hybridized carbons (Fsp3) is 0.591. The number of rotatable bonds is 6. The van der Waals surface area contributed by atoms with E-state index in [1.54, 1.807) is 7.05 Å². The van der Waals surface area contributed by atoms with Crippen molar-refractivity contribution in [2.45, 2.75) is 51.6 Å². The highest BCUT2D eigenvalue weighted by molar-refractivity contribution is 14.0. The van der Waals surface area contributed by atoms with Crippen LogP contribution in [-0.2, 0) is 16.1 Å². The predicted molar refractivity (Wildman–Crippen MR) is 130 cm³/mol. The summed E-state index contributed by atoms with van der Waals surface area (Å²) in [6.45, 7) is 6.16. The minimum atomic E-state index is -0.0630. The molecule has 3 rings (SSSR count). The van der Waals surface area contributed by atoms with E-state index >= 15 is 0 Å². The lowest BCUT2D eigenvalue weighted by Gasteiger charge is -2.33. The molecular weight excluding hydrogens is 493 g/mol. The number of benzene rings is 1. The van der Waals surface area contributed by atoms with E-state index in [2.05, 4.69) is 51.7 Å². The zero-order valence-corrected chi connectivity index (χ0v) is 20.4. The highest BCUT2D eigenvalue weighted by atomic mass is 127. The number of amides is 2. The number of carbonyl (C=O) groups is 2. The first kappa shape index (κ1) is 24.6. The molecule has 2 amide bonds. The number of piperidine rings is 2. The molecule has 1 aromatic rings. The third-order valence-electron chi connectivity index (χ3n) is 5.65. The standard InChI is InChI=1S/C22H33N5O2.HI/c1-17-5-3-6-18(15-17)16-26-12-9-19(10-13-26)25-22(23-2)24-11-14-27-20(28)7-4-8-21(27)29;/h3,5-6,15,19H,4,7-14,16H2,1-2H3,(H2,23,24,25);1H. The number of nitrogens with one attached hydrogen (secondary N) is 2. The van der Waals surface area contributed by atoms with Crippen LogP contribution in [0.15, 0.2) is 29.3 Å². The van der Waals surface area contributed by atoms with Gasteiger partial charge in [0.05, 0.1) is 0 Å². The molecule has 2 N–H and O–H groups in total. The van der Waals surface area contributed by atoms with Crippen LogP contribution in [0, 0.1) is 6.92 Å². The second-order valence-electron chi connectivity index (χ2n) is 7.98. The summed E-state index contributed by atoms with van der Waals surface area (Å²) in [4.78, 5) is 31.9. The molecule has 2 aliphatic rings. The van der Waals surface area contributed by atoms with E-state index in [1.165, 1.54) is 16.0 Å². The quantitative estimate of drug-likeness (QED) is 0.257. The Bertz CT molecular complexity index is 731. The molecule has 0 spiro atoms. The summed E-state index contributed by atoms with van der Waals surface area (Å²) in [5, 5.41) is 6.72. The van der Waals surface area contributed by atoms with E-state index in [0.717, 1.165) is 38.4 Å². The monoisotopic (exact) mass is 527 g/mol. The molecule has 0 aromatic heterocycles. The number of nitrogens with zero attached hydrogens (tertiary/aromatic N) is 3. The van der Waals surface area contributed by atoms with Gasteiger partial charge in [0.1, 0.15) is 0 Å². The fourth-order valence-corrected chi connectivity index (χ4v) is 4.03. The third kappa shape index (κ3) is 7.23. The van der Waals surface area contributed by atoms with Crippen LogP contribution in [0.25, 0.3) is 0 Å². The molecule has 7 nitrogen and oxygen atoms in total. The van der Waals surface area contributed by atoms with Crippen molar-refractivity contribution in [2.24, 2.45) is 4.99 Å². The highest BCUT2D eigenvalue weighted by Crippen LogP contribution is 2.15. The summed E-state index contributed by atoms with van der Waals surface area (Å²) < 4.78 is 0. The molecule has 0 radical (unpaired) electrons. The van der Waals surface area contributed by atoms with Crippen molar-refractivity contribution in [2.75, 3.05) is 33.2 Å². The Morgan fingerprint density at radius 1 is 1.17 bits per heavy atom. The number of carbonyl (C=O) groups excluding carboxylic acids is 2. The molecule has 2 heterocycles. The predicted octanol–water partition coefficient (Wildman–Crippen LogP) is 2.28. The average molecular weight is 527 g/mol. The Labute approximate surface area is 196 Å². The highest BCUT2D eigenvalue weighted by Gasteiger charge is 2.25. The smallest absolute Gasteiger partial charge is 0.229 e. The summed E-state index contributed by atoms with van der Waals surface area (Å²) in [5.74, 6) is 0.609. The van der Waals surface area contributed by atoms with Crippen LogP contribution in [0.5, 0.6) is 0 Å². The van der Waals surface area contributed by atoms with Gasteiger partial charge < -0.3 is 10.6 Å². The maximum atomic E-state index is 11.9. The van der Waals surface area contributed by atoms with Crippen molar-refractivity contribution in [3.05, 3.63) is 35.4 Å². The number of likely N-dealkylation sites (tertiary alicyclic amines) is 2. The third-order valence-corrected chi connectivity index (χ3v) is 5.65. The van der Waals surface area contributed by atoms with Gasteiger partial charge >= 0.3 is 0 Å². The molecule has 0 saturated carbocycles. The molecule has 8 heteroatoms. The molecule has 166 valence electrons. The second-order valence-corrected chi connectivity index (χ2v) is 7.98. The van der Waals surface area contributed by atoms with Crippen LogP contribution in [0.1, 0.15) is 43.2 Å². The molecule has 2 fully saturated rings. The molecule has 0 aliphatic carbocycles. The summed E-state index contributed by atoms with van der Waals surface area (Å²) in [7, 11) is 1.75. The molecule has 2 aliphatic heterocycles. The fourth-order valence-electron chi connectivity index (χ4n) is 4.03. The first-order chi connectivity index (χ1) is 14.0. The van der Waals surface area contributed by atoms with Gasteiger partial charge in [-0.15, -0.1) is 24.0 Å². The minimum Gasteiger partial charge on any atom is -0.355 e. The first-order valence-electron chi connectivity index (χ1n) is 10.6.